The number of nitrogens with one attached hydrogen (secondary N) is 1. The number of urea groups is 1. The second-order valence-electron chi connectivity index (χ2n) is 7.50. The van der Waals surface area contributed by atoms with Crippen molar-refractivity contribution in [2.24, 2.45) is 11.8 Å². The number of carbonyl (C=O) groups is 2. The summed E-state index contributed by atoms with van der Waals surface area (Å²) >= 11 is 0. The molecule has 1 N–H and O–H groups in total. The molecule has 26 heavy (non-hydrogen) atoms. The molecule has 0 unspecified atom stereocenters. The van der Waals surface area contributed by atoms with Gasteiger partial charge in [0.1, 0.15) is 5.75 Å². The lowest BCUT2D eigenvalue weighted by atomic mass is 9.94. The Morgan fingerprint density at radius 3 is 2.65 bits per heavy atom. The molecule has 0 aliphatic carbocycles. The van der Waals surface area contributed by atoms with Crippen LogP contribution in [0.25, 0.3) is 0 Å². The fraction of sp³-hybridized carbons (Fsp3) is 0.600. The molecule has 1 saturated heterocycles. The van der Waals surface area contributed by atoms with Gasteiger partial charge >= 0.3 is 6.03 Å². The largest absolute Gasteiger partial charge is 0.493 e. The third kappa shape index (κ3) is 4.48. The van der Waals surface area contributed by atoms with Crippen molar-refractivity contribution in [3.05, 3.63) is 29.8 Å². The number of benzene rings is 1. The number of piperidine rings is 1. The lowest BCUT2D eigenvalue weighted by molar-refractivity contribution is -0.126. The summed E-state index contributed by atoms with van der Waals surface area (Å²) in [6, 6.07) is 8.17. The smallest absolute Gasteiger partial charge is 0.319 e. The van der Waals surface area contributed by atoms with Gasteiger partial charge < -0.3 is 19.9 Å². The summed E-state index contributed by atoms with van der Waals surface area (Å²) in [5.74, 6) is 1.51. The molecule has 2 aliphatic heterocycles. The average molecular weight is 359 g/mol. The molecule has 2 aliphatic rings. The van der Waals surface area contributed by atoms with Crippen molar-refractivity contribution in [1.82, 2.24) is 15.1 Å². The molecular weight excluding hydrogens is 330 g/mol. The van der Waals surface area contributed by atoms with Crippen molar-refractivity contribution in [1.29, 1.82) is 0 Å². The van der Waals surface area contributed by atoms with Crippen molar-refractivity contribution >= 4 is 11.9 Å². The summed E-state index contributed by atoms with van der Waals surface area (Å²) in [5, 5.41) is 3.14. The van der Waals surface area contributed by atoms with E-state index in [0.29, 0.717) is 32.2 Å². The molecule has 1 fully saturated rings. The van der Waals surface area contributed by atoms with Crippen LogP contribution in [0, 0.1) is 11.8 Å². The van der Waals surface area contributed by atoms with Gasteiger partial charge in [-0.3, -0.25) is 4.79 Å². The number of nitrogens with zero attached hydrogens (tertiary/aromatic N) is 2. The van der Waals surface area contributed by atoms with E-state index in [0.717, 1.165) is 31.4 Å². The summed E-state index contributed by atoms with van der Waals surface area (Å²) in [4.78, 5) is 27.9. The zero-order valence-corrected chi connectivity index (χ0v) is 15.7. The van der Waals surface area contributed by atoms with Gasteiger partial charge in [-0.1, -0.05) is 18.2 Å². The molecular formula is C20H29N3O3. The molecule has 6 heteroatoms. The minimum atomic E-state index is 0.00975. The molecule has 0 bridgehead atoms. The SMILES string of the molecule is CN(C)C(=O)N1CCC(C(=O)NC[C@@H]2CCOc3ccccc3C2)CC1. The first-order chi connectivity index (χ1) is 12.5. The Morgan fingerprint density at radius 2 is 1.92 bits per heavy atom. The molecule has 1 aromatic carbocycles. The van der Waals surface area contributed by atoms with Gasteiger partial charge in [-0.25, -0.2) is 4.79 Å². The first-order valence-electron chi connectivity index (χ1n) is 9.49. The van der Waals surface area contributed by atoms with Crippen LogP contribution in [-0.4, -0.2) is 62.1 Å². The van der Waals surface area contributed by atoms with Crippen molar-refractivity contribution in [3.8, 4) is 5.75 Å². The number of hydrogen-bond donors (Lipinski definition) is 1. The lowest BCUT2D eigenvalue weighted by Crippen LogP contribution is -2.46. The molecule has 6 nitrogen and oxygen atoms in total. The summed E-state index contributed by atoms with van der Waals surface area (Å²) in [6.07, 6.45) is 3.36. The molecule has 0 spiro atoms. The first kappa shape index (κ1) is 18.5. The Labute approximate surface area is 155 Å². The van der Waals surface area contributed by atoms with Crippen LogP contribution in [0.4, 0.5) is 4.79 Å². The molecule has 3 amide bonds. The van der Waals surface area contributed by atoms with E-state index < -0.39 is 0 Å². The molecule has 1 atom stereocenters. The summed E-state index contributed by atoms with van der Waals surface area (Å²) in [6.45, 7) is 2.69. The molecule has 3 rings (SSSR count). The predicted molar refractivity (Wildman–Crippen MR) is 100 cm³/mol. The quantitative estimate of drug-likeness (QED) is 0.899. The third-order valence-electron chi connectivity index (χ3n) is 5.35. The summed E-state index contributed by atoms with van der Waals surface area (Å²) in [7, 11) is 3.52. The number of hydrogen-bond acceptors (Lipinski definition) is 3. The molecule has 0 saturated carbocycles. The van der Waals surface area contributed by atoms with Crippen LogP contribution in [-0.2, 0) is 11.2 Å². The van der Waals surface area contributed by atoms with E-state index in [2.05, 4.69) is 11.4 Å². The number of likely N-dealkylation sites (tertiary alicyclic amines) is 1. The van der Waals surface area contributed by atoms with Crippen molar-refractivity contribution in [2.45, 2.75) is 25.7 Å². The number of para-hydroxylation sites is 1. The van der Waals surface area contributed by atoms with Crippen LogP contribution >= 0.6 is 0 Å². The molecule has 0 radical (unpaired) electrons. The molecule has 142 valence electrons. The highest BCUT2D eigenvalue weighted by atomic mass is 16.5. The summed E-state index contributed by atoms with van der Waals surface area (Å²) < 4.78 is 5.80. The van der Waals surface area contributed by atoms with Gasteiger partial charge in [0.05, 0.1) is 6.61 Å². The monoisotopic (exact) mass is 359 g/mol. The zero-order valence-electron chi connectivity index (χ0n) is 15.7. The van der Waals surface area contributed by atoms with Crippen LogP contribution in [0.15, 0.2) is 24.3 Å². The Morgan fingerprint density at radius 1 is 1.19 bits per heavy atom. The van der Waals surface area contributed by atoms with Crippen molar-refractivity contribution in [2.75, 3.05) is 40.3 Å². The number of ether oxygens (including phenoxy) is 1. The molecule has 1 aromatic rings. The van der Waals surface area contributed by atoms with Gasteiger partial charge in [-0.2, -0.15) is 0 Å². The minimum absolute atomic E-state index is 0.00975. The minimum Gasteiger partial charge on any atom is -0.493 e. The van der Waals surface area contributed by atoms with Gasteiger partial charge in [0.15, 0.2) is 0 Å². The second-order valence-corrected chi connectivity index (χ2v) is 7.50. The van der Waals surface area contributed by atoms with Crippen LogP contribution < -0.4 is 10.1 Å². The Kier molecular flexibility index (Phi) is 6.01. The third-order valence-corrected chi connectivity index (χ3v) is 5.35. The Hall–Kier alpha value is -2.24. The van der Waals surface area contributed by atoms with Crippen LogP contribution in [0.5, 0.6) is 5.75 Å². The molecule has 2 heterocycles. The lowest BCUT2D eigenvalue weighted by Gasteiger charge is -2.33. The standard InChI is InChI=1S/C20H29N3O3/c1-22(2)20(25)23-10-7-16(8-11-23)19(24)21-14-15-9-12-26-18-6-4-3-5-17(18)13-15/h3-6,15-16H,7-14H2,1-2H3,(H,21,24)/t15-/m1/s1. The Balaban J connectivity index is 1.45. The van der Waals surface area contributed by atoms with E-state index in [-0.39, 0.29) is 17.9 Å². The average Bonchev–Trinajstić information content (AvgIpc) is 2.87. The normalized spacial score (nSPS) is 20.5. The number of amides is 3. The highest BCUT2D eigenvalue weighted by Gasteiger charge is 2.28. The second kappa shape index (κ2) is 8.43. The van der Waals surface area contributed by atoms with E-state index in [4.69, 9.17) is 4.74 Å². The van der Waals surface area contributed by atoms with Gasteiger partial charge in [0.2, 0.25) is 5.91 Å². The highest BCUT2D eigenvalue weighted by molar-refractivity contribution is 5.79. The fourth-order valence-corrected chi connectivity index (χ4v) is 3.74. The number of rotatable bonds is 3. The van der Waals surface area contributed by atoms with Gasteiger partial charge in [0.25, 0.3) is 0 Å². The fourth-order valence-electron chi connectivity index (χ4n) is 3.74. The Bertz CT molecular complexity index is 639. The van der Waals surface area contributed by atoms with E-state index in [1.165, 1.54) is 5.56 Å². The predicted octanol–water partition coefficient (Wildman–Crippen LogP) is 2.14. The van der Waals surface area contributed by atoms with E-state index in [1.54, 1.807) is 19.0 Å². The topological polar surface area (TPSA) is 61.9 Å². The van der Waals surface area contributed by atoms with Crippen LogP contribution in [0.3, 0.4) is 0 Å². The summed E-state index contributed by atoms with van der Waals surface area (Å²) in [5.41, 5.74) is 1.22. The van der Waals surface area contributed by atoms with E-state index >= 15 is 0 Å². The van der Waals surface area contributed by atoms with E-state index in [1.807, 2.05) is 23.1 Å². The zero-order chi connectivity index (χ0) is 18.5. The van der Waals surface area contributed by atoms with Crippen molar-refractivity contribution < 1.29 is 14.3 Å². The maximum Gasteiger partial charge on any atom is 0.319 e. The van der Waals surface area contributed by atoms with E-state index in [9.17, 15) is 9.59 Å². The number of fused-ring (bicyclic) bond motifs is 1. The maximum atomic E-state index is 12.5. The molecule has 0 aromatic heterocycles. The van der Waals surface area contributed by atoms with Crippen LogP contribution in [0.1, 0.15) is 24.8 Å². The van der Waals surface area contributed by atoms with Gasteiger partial charge in [-0.15, -0.1) is 0 Å². The first-order valence-corrected chi connectivity index (χ1v) is 9.49. The number of carbonyl (C=O) groups excluding carboxylic acids is 2. The van der Waals surface area contributed by atoms with Gasteiger partial charge in [-0.05, 0) is 43.2 Å². The van der Waals surface area contributed by atoms with Crippen molar-refractivity contribution in [3.63, 3.8) is 0 Å². The highest BCUT2D eigenvalue weighted by Crippen LogP contribution is 2.26. The van der Waals surface area contributed by atoms with Crippen LogP contribution in [0.2, 0.25) is 0 Å². The van der Waals surface area contributed by atoms with Gasteiger partial charge in [0, 0.05) is 39.6 Å². The maximum absolute atomic E-state index is 12.5.